The van der Waals surface area contributed by atoms with Crippen LogP contribution in [0.3, 0.4) is 0 Å². The number of hydrogen-bond acceptors (Lipinski definition) is 4. The van der Waals surface area contributed by atoms with E-state index in [0.717, 1.165) is 16.3 Å². The Morgan fingerprint density at radius 1 is 1.05 bits per heavy atom. The molecule has 0 N–H and O–H groups in total. The van der Waals surface area contributed by atoms with Gasteiger partial charge in [-0.1, -0.05) is 66.4 Å². The van der Waals surface area contributed by atoms with Gasteiger partial charge in [0.25, 0.3) is 0 Å². The van der Waals surface area contributed by atoms with Gasteiger partial charge in [0, 0.05) is 12.6 Å². The quantitative estimate of drug-likeness (QED) is 0.535. The highest BCUT2D eigenvalue weighted by Gasteiger charge is 2.09. The predicted octanol–water partition coefficient (Wildman–Crippen LogP) is 3.46. The molecule has 0 aliphatic rings. The van der Waals surface area contributed by atoms with Crippen LogP contribution in [0.1, 0.15) is 10.4 Å². The molecule has 0 aliphatic heterocycles. The van der Waals surface area contributed by atoms with Crippen LogP contribution in [-0.2, 0) is 7.05 Å². The van der Waals surface area contributed by atoms with Crippen LogP contribution in [0.4, 0.5) is 0 Å². The lowest BCUT2D eigenvalue weighted by molar-refractivity contribution is 0.102. The Bertz CT molecular complexity index is 766. The summed E-state index contributed by atoms with van der Waals surface area (Å²) in [5.74, 6) is 0.449. The first-order chi connectivity index (χ1) is 10.7. The van der Waals surface area contributed by atoms with Crippen molar-refractivity contribution in [1.82, 2.24) is 14.8 Å². The lowest BCUT2D eigenvalue weighted by Crippen LogP contribution is -2.03. The van der Waals surface area contributed by atoms with Crippen molar-refractivity contribution in [2.24, 2.45) is 7.05 Å². The Morgan fingerprint density at radius 3 is 2.36 bits per heavy atom. The molecule has 0 aliphatic carbocycles. The number of hydrogen-bond donors (Lipinski definition) is 0. The molecule has 0 fully saturated rings. The Hall–Kier alpha value is -2.40. The predicted molar refractivity (Wildman–Crippen MR) is 87.9 cm³/mol. The van der Waals surface area contributed by atoms with E-state index in [1.54, 1.807) is 10.9 Å². The Morgan fingerprint density at radius 2 is 1.73 bits per heavy atom. The Balaban J connectivity index is 1.67. The summed E-state index contributed by atoms with van der Waals surface area (Å²) >= 11 is 1.40. The van der Waals surface area contributed by atoms with Gasteiger partial charge in [-0.15, -0.1) is 10.2 Å². The number of carbonyl (C=O) groups is 1. The Kier molecular flexibility index (Phi) is 4.34. The number of rotatable bonds is 5. The molecule has 3 aromatic rings. The van der Waals surface area contributed by atoms with Crippen LogP contribution in [0.5, 0.6) is 0 Å². The summed E-state index contributed by atoms with van der Waals surface area (Å²) in [6, 6.07) is 17.8. The molecule has 0 amide bonds. The van der Waals surface area contributed by atoms with Gasteiger partial charge in [-0.3, -0.25) is 4.79 Å². The van der Waals surface area contributed by atoms with Crippen molar-refractivity contribution in [3.8, 4) is 11.1 Å². The van der Waals surface area contributed by atoms with Crippen molar-refractivity contribution in [2.75, 3.05) is 5.75 Å². The molecule has 0 bridgehead atoms. The number of benzene rings is 2. The summed E-state index contributed by atoms with van der Waals surface area (Å²) < 4.78 is 1.80. The van der Waals surface area contributed by atoms with E-state index in [1.165, 1.54) is 11.8 Å². The van der Waals surface area contributed by atoms with Crippen LogP contribution < -0.4 is 0 Å². The van der Waals surface area contributed by atoms with Crippen molar-refractivity contribution >= 4 is 17.5 Å². The van der Waals surface area contributed by atoms with Gasteiger partial charge in [-0.05, 0) is 11.1 Å². The largest absolute Gasteiger partial charge is 0.312 e. The third kappa shape index (κ3) is 3.26. The molecule has 1 heterocycles. The highest BCUT2D eigenvalue weighted by molar-refractivity contribution is 7.99. The van der Waals surface area contributed by atoms with Crippen LogP contribution >= 0.6 is 11.8 Å². The minimum atomic E-state index is 0.0904. The maximum Gasteiger partial charge on any atom is 0.191 e. The molecule has 0 atom stereocenters. The van der Waals surface area contributed by atoms with E-state index in [0.29, 0.717) is 11.3 Å². The Labute approximate surface area is 133 Å². The van der Waals surface area contributed by atoms with Gasteiger partial charge in [-0.25, -0.2) is 0 Å². The molecule has 0 saturated heterocycles. The van der Waals surface area contributed by atoms with E-state index in [4.69, 9.17) is 0 Å². The molecule has 4 nitrogen and oxygen atoms in total. The highest BCUT2D eigenvalue weighted by atomic mass is 32.2. The number of ketones is 1. The molecule has 2 aromatic carbocycles. The van der Waals surface area contributed by atoms with E-state index >= 15 is 0 Å². The fourth-order valence-electron chi connectivity index (χ4n) is 2.10. The summed E-state index contributed by atoms with van der Waals surface area (Å²) in [6.45, 7) is 0. The van der Waals surface area contributed by atoms with Gasteiger partial charge in [0.15, 0.2) is 10.9 Å². The molecule has 0 spiro atoms. The van der Waals surface area contributed by atoms with E-state index in [9.17, 15) is 4.79 Å². The number of carbonyl (C=O) groups excluding carboxylic acids is 1. The minimum absolute atomic E-state index is 0.0904. The summed E-state index contributed by atoms with van der Waals surface area (Å²) in [7, 11) is 1.86. The summed E-state index contributed by atoms with van der Waals surface area (Å²) in [5.41, 5.74) is 2.97. The lowest BCUT2D eigenvalue weighted by Gasteiger charge is -2.04. The normalized spacial score (nSPS) is 10.6. The van der Waals surface area contributed by atoms with E-state index in [1.807, 2.05) is 49.5 Å². The zero-order chi connectivity index (χ0) is 15.4. The van der Waals surface area contributed by atoms with Gasteiger partial charge < -0.3 is 4.57 Å². The van der Waals surface area contributed by atoms with Gasteiger partial charge in [0.2, 0.25) is 0 Å². The molecule has 1 aromatic heterocycles. The average molecular weight is 309 g/mol. The van der Waals surface area contributed by atoms with Gasteiger partial charge in [0.05, 0.1) is 5.75 Å². The van der Waals surface area contributed by atoms with E-state index in [-0.39, 0.29) is 5.78 Å². The minimum Gasteiger partial charge on any atom is -0.312 e. The van der Waals surface area contributed by atoms with E-state index in [2.05, 4.69) is 22.3 Å². The van der Waals surface area contributed by atoms with Crippen LogP contribution in [0, 0.1) is 0 Å². The van der Waals surface area contributed by atoms with Gasteiger partial charge in [-0.2, -0.15) is 0 Å². The zero-order valence-electron chi connectivity index (χ0n) is 12.1. The van der Waals surface area contributed by atoms with Crippen molar-refractivity contribution in [1.29, 1.82) is 0 Å². The molecule has 0 radical (unpaired) electrons. The zero-order valence-corrected chi connectivity index (χ0v) is 13.0. The first-order valence-corrected chi connectivity index (χ1v) is 7.88. The van der Waals surface area contributed by atoms with Crippen molar-refractivity contribution in [3.63, 3.8) is 0 Å². The maximum atomic E-state index is 12.2. The maximum absolute atomic E-state index is 12.2. The second kappa shape index (κ2) is 6.58. The average Bonchev–Trinajstić information content (AvgIpc) is 2.99. The first-order valence-electron chi connectivity index (χ1n) is 6.89. The number of thioether (sulfide) groups is 1. The number of aromatic nitrogens is 3. The molecule has 22 heavy (non-hydrogen) atoms. The number of Topliss-reactive ketones (excluding diaryl/α,β-unsaturated/α-hetero) is 1. The monoisotopic (exact) mass is 309 g/mol. The fraction of sp³-hybridized carbons (Fsp3) is 0.118. The summed E-state index contributed by atoms with van der Waals surface area (Å²) in [6.07, 6.45) is 1.63. The molecule has 5 heteroatoms. The standard InChI is InChI=1S/C17H15N3OS/c1-20-12-18-19-17(20)22-11-16(21)15-9-7-14(8-10-15)13-5-3-2-4-6-13/h2-10,12H,11H2,1H3. The molecular weight excluding hydrogens is 294 g/mol. The van der Waals surface area contributed by atoms with Crippen LogP contribution in [0.2, 0.25) is 0 Å². The summed E-state index contributed by atoms with van der Waals surface area (Å²) in [5, 5.41) is 8.50. The third-order valence-electron chi connectivity index (χ3n) is 3.32. The first kappa shape index (κ1) is 14.5. The SMILES string of the molecule is Cn1cnnc1SCC(=O)c1ccc(-c2ccccc2)cc1. The van der Waals surface area contributed by atoms with E-state index < -0.39 is 0 Å². The smallest absolute Gasteiger partial charge is 0.191 e. The molecule has 3 rings (SSSR count). The molecule has 110 valence electrons. The molecule has 0 unspecified atom stereocenters. The van der Waals surface area contributed by atoms with Crippen LogP contribution in [0.25, 0.3) is 11.1 Å². The topological polar surface area (TPSA) is 47.8 Å². The molecule has 0 saturated carbocycles. The highest BCUT2D eigenvalue weighted by Crippen LogP contribution is 2.21. The van der Waals surface area contributed by atoms with Crippen LogP contribution in [-0.4, -0.2) is 26.3 Å². The second-order valence-electron chi connectivity index (χ2n) is 4.88. The summed E-state index contributed by atoms with van der Waals surface area (Å²) in [4.78, 5) is 12.2. The second-order valence-corrected chi connectivity index (χ2v) is 5.82. The number of nitrogens with zero attached hydrogens (tertiary/aromatic N) is 3. The van der Waals surface area contributed by atoms with Gasteiger partial charge in [0.1, 0.15) is 6.33 Å². The van der Waals surface area contributed by atoms with Crippen LogP contribution in [0.15, 0.2) is 66.1 Å². The van der Waals surface area contributed by atoms with Gasteiger partial charge >= 0.3 is 0 Å². The van der Waals surface area contributed by atoms with Crippen molar-refractivity contribution < 1.29 is 4.79 Å². The van der Waals surface area contributed by atoms with Crippen molar-refractivity contribution in [2.45, 2.75) is 5.16 Å². The fourth-order valence-corrected chi connectivity index (χ4v) is 2.88. The third-order valence-corrected chi connectivity index (χ3v) is 4.35. The lowest BCUT2D eigenvalue weighted by atomic mass is 10.0. The molecular formula is C17H15N3OS. The van der Waals surface area contributed by atoms with Crippen molar-refractivity contribution in [3.05, 3.63) is 66.5 Å². The number of aryl methyl sites for hydroxylation is 1.